The van der Waals surface area contributed by atoms with Gasteiger partial charge in [-0.2, -0.15) is 0 Å². The minimum atomic E-state index is -0.288. The number of ether oxygens (including phenoxy) is 1. The van der Waals surface area contributed by atoms with Gasteiger partial charge in [0.1, 0.15) is 11.4 Å². The second-order valence-corrected chi connectivity index (χ2v) is 8.68. The van der Waals surface area contributed by atoms with Gasteiger partial charge < -0.3 is 9.64 Å². The molecule has 3 aromatic rings. The number of nitrogens with zero attached hydrogens (tertiary/aromatic N) is 2. The lowest BCUT2D eigenvalue weighted by atomic mass is 9.98. The van der Waals surface area contributed by atoms with E-state index in [2.05, 4.69) is 17.0 Å². The molecular weight excluding hydrogens is 412 g/mol. The summed E-state index contributed by atoms with van der Waals surface area (Å²) in [6.45, 7) is 5.24. The molecule has 0 N–H and O–H groups in total. The van der Waals surface area contributed by atoms with Gasteiger partial charge in [0.05, 0.1) is 18.4 Å². The van der Waals surface area contributed by atoms with E-state index in [0.717, 1.165) is 23.1 Å². The van der Waals surface area contributed by atoms with Crippen LogP contribution in [-0.4, -0.2) is 30.4 Å². The highest BCUT2D eigenvalue weighted by Gasteiger charge is 2.43. The minimum Gasteiger partial charge on any atom is -0.497 e. The Hall–Kier alpha value is -3.86. The Bertz CT molecular complexity index is 1270. The van der Waals surface area contributed by atoms with Gasteiger partial charge in [-0.05, 0) is 72.4 Å². The SMILES string of the molecule is COc1ccc(C2=C(N3CCc4ccccc4C3)C(=O)N(c3cc(C)cc(C)c3)C2=O)cc1. The van der Waals surface area contributed by atoms with Gasteiger partial charge in [0.2, 0.25) is 0 Å². The first-order valence-corrected chi connectivity index (χ1v) is 11.1. The molecule has 33 heavy (non-hydrogen) atoms. The molecule has 0 atom stereocenters. The largest absolute Gasteiger partial charge is 0.497 e. The van der Waals surface area contributed by atoms with E-state index < -0.39 is 0 Å². The predicted octanol–water partition coefficient (Wildman–Crippen LogP) is 4.65. The average molecular weight is 439 g/mol. The van der Waals surface area contributed by atoms with Crippen molar-refractivity contribution in [2.75, 3.05) is 18.6 Å². The van der Waals surface area contributed by atoms with Crippen molar-refractivity contribution in [3.05, 3.63) is 100 Å². The summed E-state index contributed by atoms with van der Waals surface area (Å²) < 4.78 is 5.29. The second kappa shape index (κ2) is 8.24. The molecule has 0 radical (unpaired) electrons. The Kier molecular flexibility index (Phi) is 5.25. The topological polar surface area (TPSA) is 49.9 Å². The number of amides is 2. The van der Waals surface area contributed by atoms with E-state index >= 15 is 0 Å². The maximum atomic E-state index is 13.8. The first kappa shape index (κ1) is 21.0. The van der Waals surface area contributed by atoms with E-state index in [1.54, 1.807) is 7.11 Å². The number of benzene rings is 3. The molecule has 0 bridgehead atoms. The van der Waals surface area contributed by atoms with E-state index in [4.69, 9.17) is 4.74 Å². The number of imide groups is 1. The molecule has 0 saturated carbocycles. The third kappa shape index (κ3) is 3.69. The van der Waals surface area contributed by atoms with Crippen LogP contribution in [0.5, 0.6) is 5.75 Å². The lowest BCUT2D eigenvalue weighted by molar-refractivity contribution is -0.120. The van der Waals surface area contributed by atoms with E-state index in [0.29, 0.717) is 35.8 Å². The van der Waals surface area contributed by atoms with Crippen molar-refractivity contribution in [1.82, 2.24) is 4.90 Å². The molecule has 5 rings (SSSR count). The fourth-order valence-electron chi connectivity index (χ4n) is 4.83. The van der Waals surface area contributed by atoms with E-state index in [1.165, 1.54) is 16.0 Å². The molecule has 2 amide bonds. The molecule has 0 unspecified atom stereocenters. The fourth-order valence-corrected chi connectivity index (χ4v) is 4.83. The van der Waals surface area contributed by atoms with Gasteiger partial charge in [-0.1, -0.05) is 42.5 Å². The summed E-state index contributed by atoms with van der Waals surface area (Å²) >= 11 is 0. The van der Waals surface area contributed by atoms with Crippen LogP contribution in [0.2, 0.25) is 0 Å². The molecule has 0 spiro atoms. The highest BCUT2D eigenvalue weighted by Crippen LogP contribution is 2.37. The molecule has 0 fully saturated rings. The Morgan fingerprint density at radius 3 is 2.15 bits per heavy atom. The first-order valence-electron chi connectivity index (χ1n) is 11.1. The number of aryl methyl sites for hydroxylation is 2. The zero-order valence-electron chi connectivity index (χ0n) is 19.1. The van der Waals surface area contributed by atoms with Gasteiger partial charge in [-0.15, -0.1) is 0 Å². The molecule has 5 heteroatoms. The van der Waals surface area contributed by atoms with Crippen molar-refractivity contribution < 1.29 is 14.3 Å². The molecule has 3 aromatic carbocycles. The van der Waals surface area contributed by atoms with Crippen molar-refractivity contribution in [3.8, 4) is 5.75 Å². The molecular formula is C28H26N2O3. The molecule has 5 nitrogen and oxygen atoms in total. The van der Waals surface area contributed by atoms with Crippen LogP contribution < -0.4 is 9.64 Å². The third-order valence-electron chi connectivity index (χ3n) is 6.35. The van der Waals surface area contributed by atoms with Crippen LogP contribution in [0.25, 0.3) is 5.57 Å². The summed E-state index contributed by atoms with van der Waals surface area (Å²) in [6.07, 6.45) is 0.834. The Balaban J connectivity index is 1.62. The van der Waals surface area contributed by atoms with Gasteiger partial charge in [0.25, 0.3) is 11.8 Å². The zero-order valence-corrected chi connectivity index (χ0v) is 19.1. The third-order valence-corrected chi connectivity index (χ3v) is 6.35. The molecule has 2 heterocycles. The van der Waals surface area contributed by atoms with Crippen molar-refractivity contribution in [3.63, 3.8) is 0 Å². The summed E-state index contributed by atoms with van der Waals surface area (Å²) in [7, 11) is 1.61. The second-order valence-electron chi connectivity index (χ2n) is 8.68. The maximum Gasteiger partial charge on any atom is 0.282 e. The van der Waals surface area contributed by atoms with Gasteiger partial charge in [-0.25, -0.2) is 4.90 Å². The van der Waals surface area contributed by atoms with E-state index in [1.807, 2.05) is 68.4 Å². The van der Waals surface area contributed by atoms with Crippen LogP contribution in [0.1, 0.15) is 27.8 Å². The van der Waals surface area contributed by atoms with E-state index in [9.17, 15) is 9.59 Å². The summed E-state index contributed by atoms with van der Waals surface area (Å²) in [4.78, 5) is 31.0. The Labute approximate surface area is 193 Å². The molecule has 2 aliphatic heterocycles. The summed E-state index contributed by atoms with van der Waals surface area (Å²) in [6, 6.07) is 21.5. The normalized spacial score (nSPS) is 15.8. The number of methoxy groups -OCH3 is 1. The molecule has 2 aliphatic rings. The maximum absolute atomic E-state index is 13.8. The van der Waals surface area contributed by atoms with Crippen LogP contribution in [0, 0.1) is 13.8 Å². The number of hydrogen-bond donors (Lipinski definition) is 0. The quantitative estimate of drug-likeness (QED) is 0.556. The standard InChI is InChI=1S/C28H26N2O3/c1-18-14-19(2)16-23(15-18)30-27(31)25(21-8-10-24(33-3)11-9-21)26(28(30)32)29-13-12-20-6-4-5-7-22(20)17-29/h4-11,14-16H,12-13,17H2,1-3H3. The van der Waals surface area contributed by atoms with Gasteiger partial charge in [0.15, 0.2) is 0 Å². The van der Waals surface area contributed by atoms with E-state index in [-0.39, 0.29) is 11.8 Å². The molecule has 0 saturated heterocycles. The molecule has 166 valence electrons. The van der Waals surface area contributed by atoms with Gasteiger partial charge in [-0.3, -0.25) is 9.59 Å². The number of fused-ring (bicyclic) bond motifs is 1. The lowest BCUT2D eigenvalue weighted by Crippen LogP contribution is -2.37. The predicted molar refractivity (Wildman–Crippen MR) is 129 cm³/mol. The first-order chi connectivity index (χ1) is 16.0. The smallest absolute Gasteiger partial charge is 0.282 e. The number of carbonyl (C=O) groups is 2. The lowest BCUT2D eigenvalue weighted by Gasteiger charge is -2.31. The van der Waals surface area contributed by atoms with Crippen molar-refractivity contribution in [2.45, 2.75) is 26.8 Å². The summed E-state index contributed by atoms with van der Waals surface area (Å²) in [5.41, 5.74) is 6.75. The molecule has 0 aromatic heterocycles. The number of carbonyl (C=O) groups excluding carboxylic acids is 2. The Morgan fingerprint density at radius 1 is 0.818 bits per heavy atom. The summed E-state index contributed by atoms with van der Waals surface area (Å²) in [5.74, 6) is 0.148. The van der Waals surface area contributed by atoms with Gasteiger partial charge >= 0.3 is 0 Å². The minimum absolute atomic E-state index is 0.268. The number of rotatable bonds is 4. The Morgan fingerprint density at radius 2 is 1.48 bits per heavy atom. The number of hydrogen-bond acceptors (Lipinski definition) is 4. The van der Waals surface area contributed by atoms with Crippen LogP contribution in [0.4, 0.5) is 5.69 Å². The fraction of sp³-hybridized carbons (Fsp3) is 0.214. The number of anilines is 1. The zero-order chi connectivity index (χ0) is 23.1. The molecule has 0 aliphatic carbocycles. The van der Waals surface area contributed by atoms with Gasteiger partial charge in [0, 0.05) is 13.1 Å². The van der Waals surface area contributed by atoms with Crippen LogP contribution in [-0.2, 0) is 22.6 Å². The average Bonchev–Trinajstić information content (AvgIpc) is 3.08. The van der Waals surface area contributed by atoms with Crippen molar-refractivity contribution >= 4 is 23.1 Å². The van der Waals surface area contributed by atoms with Crippen LogP contribution >= 0.6 is 0 Å². The monoisotopic (exact) mass is 438 g/mol. The van der Waals surface area contributed by atoms with Crippen molar-refractivity contribution in [1.29, 1.82) is 0 Å². The highest BCUT2D eigenvalue weighted by molar-refractivity contribution is 6.45. The van der Waals surface area contributed by atoms with Crippen LogP contribution in [0.3, 0.4) is 0 Å². The highest BCUT2D eigenvalue weighted by atomic mass is 16.5. The van der Waals surface area contributed by atoms with Crippen molar-refractivity contribution in [2.24, 2.45) is 0 Å². The summed E-state index contributed by atoms with van der Waals surface area (Å²) in [5, 5.41) is 0. The van der Waals surface area contributed by atoms with Crippen LogP contribution in [0.15, 0.2) is 72.4 Å².